The molecule has 0 saturated heterocycles. The maximum atomic E-state index is 12.8. The molecule has 0 bridgehead atoms. The highest BCUT2D eigenvalue weighted by Gasteiger charge is 2.13. The molecule has 0 spiro atoms. The average molecular weight is 428 g/mol. The van der Waals surface area contributed by atoms with Crippen LogP contribution in [0.25, 0.3) is 6.08 Å². The number of carbonyl (C=O) groups excluding carboxylic acids is 1. The van der Waals surface area contributed by atoms with E-state index in [0.717, 1.165) is 5.69 Å². The van der Waals surface area contributed by atoms with Crippen LogP contribution in [-0.4, -0.2) is 31.1 Å². The van der Waals surface area contributed by atoms with Crippen molar-refractivity contribution in [3.8, 4) is 11.5 Å². The van der Waals surface area contributed by atoms with Crippen molar-refractivity contribution < 1.29 is 14.6 Å². The second-order valence-corrected chi connectivity index (χ2v) is 6.60. The molecule has 2 rings (SSSR count). The van der Waals surface area contributed by atoms with Gasteiger partial charge in [0.15, 0.2) is 5.78 Å². The second-order valence-electron chi connectivity index (χ2n) is 5.74. The minimum atomic E-state index is -0.130. The number of rotatable bonds is 9. The van der Waals surface area contributed by atoms with Crippen LogP contribution in [0.15, 0.2) is 72.3 Å². The van der Waals surface area contributed by atoms with Gasteiger partial charge in [0.2, 0.25) is 0 Å². The minimum absolute atomic E-state index is 0.0742. The summed E-state index contributed by atoms with van der Waals surface area (Å²) >= 11 is 3.28. The number of ketones is 1. The van der Waals surface area contributed by atoms with E-state index in [0.29, 0.717) is 34.4 Å². The zero-order chi connectivity index (χ0) is 19.8. The second kappa shape index (κ2) is 9.78. The van der Waals surface area contributed by atoms with Crippen LogP contribution in [0.5, 0.6) is 11.5 Å². The number of phenolic OH excluding ortho intramolecular Hbond substituents is 1. The van der Waals surface area contributed by atoms with E-state index >= 15 is 0 Å². The summed E-state index contributed by atoms with van der Waals surface area (Å²) in [4.78, 5) is 14.9. The van der Waals surface area contributed by atoms with Crippen LogP contribution in [0.4, 0.5) is 5.69 Å². The first kappa shape index (κ1) is 20.5. The summed E-state index contributed by atoms with van der Waals surface area (Å²) in [6.45, 7) is 8.78. The number of carbonyl (C=O) groups is 1. The van der Waals surface area contributed by atoms with E-state index in [-0.39, 0.29) is 11.5 Å². The van der Waals surface area contributed by atoms with Gasteiger partial charge in [-0.2, -0.15) is 0 Å². The third kappa shape index (κ3) is 5.11. The first-order valence-corrected chi connectivity index (χ1v) is 9.15. The number of aromatic hydroxyl groups is 1. The maximum absolute atomic E-state index is 12.8. The highest BCUT2D eigenvalue weighted by atomic mass is 79.9. The van der Waals surface area contributed by atoms with E-state index in [1.165, 1.54) is 19.3 Å². The summed E-state index contributed by atoms with van der Waals surface area (Å²) in [5, 5.41) is 9.77. The molecule has 0 unspecified atom stereocenters. The molecule has 0 aromatic heterocycles. The zero-order valence-corrected chi connectivity index (χ0v) is 16.8. The normalized spacial score (nSPS) is 10.6. The van der Waals surface area contributed by atoms with Gasteiger partial charge in [-0.15, -0.1) is 13.2 Å². The van der Waals surface area contributed by atoms with Gasteiger partial charge in [0.25, 0.3) is 0 Å². The molecule has 0 aliphatic carbocycles. The smallest absolute Gasteiger partial charge is 0.187 e. The molecule has 0 heterocycles. The number of halogens is 1. The SMILES string of the molecule is C=CCN(CC=C)c1ccccc1C(=O)/C=C/c1cc(Br)c(O)cc1OC. The van der Waals surface area contributed by atoms with Gasteiger partial charge in [0.1, 0.15) is 11.5 Å². The van der Waals surface area contributed by atoms with Gasteiger partial charge in [-0.1, -0.05) is 24.3 Å². The van der Waals surface area contributed by atoms with Gasteiger partial charge in [0, 0.05) is 36.0 Å². The summed E-state index contributed by atoms with van der Waals surface area (Å²) in [5.74, 6) is 0.424. The van der Waals surface area contributed by atoms with E-state index in [4.69, 9.17) is 4.74 Å². The molecule has 1 N–H and O–H groups in total. The molecular weight excluding hydrogens is 406 g/mol. The molecule has 5 heteroatoms. The monoisotopic (exact) mass is 427 g/mol. The number of benzene rings is 2. The van der Waals surface area contributed by atoms with Gasteiger partial charge in [0.05, 0.1) is 11.6 Å². The molecule has 140 valence electrons. The van der Waals surface area contributed by atoms with Crippen molar-refractivity contribution in [3.63, 3.8) is 0 Å². The first-order chi connectivity index (χ1) is 13.0. The summed E-state index contributed by atoms with van der Waals surface area (Å²) in [5.41, 5.74) is 2.10. The molecule has 0 aliphatic heterocycles. The summed E-state index contributed by atoms with van der Waals surface area (Å²) in [6.07, 6.45) is 6.76. The highest BCUT2D eigenvalue weighted by Crippen LogP contribution is 2.33. The number of phenols is 1. The molecule has 0 saturated carbocycles. The van der Waals surface area contributed by atoms with Gasteiger partial charge < -0.3 is 14.7 Å². The molecule has 0 aliphatic rings. The zero-order valence-electron chi connectivity index (χ0n) is 15.2. The fourth-order valence-corrected chi connectivity index (χ4v) is 3.02. The van der Waals surface area contributed by atoms with E-state index in [1.54, 1.807) is 30.4 Å². The molecule has 2 aromatic rings. The lowest BCUT2D eigenvalue weighted by atomic mass is 10.1. The van der Waals surface area contributed by atoms with E-state index < -0.39 is 0 Å². The number of hydrogen-bond donors (Lipinski definition) is 1. The highest BCUT2D eigenvalue weighted by molar-refractivity contribution is 9.10. The molecule has 0 atom stereocenters. The molecule has 4 nitrogen and oxygen atoms in total. The van der Waals surface area contributed by atoms with Crippen LogP contribution >= 0.6 is 15.9 Å². The Morgan fingerprint density at radius 3 is 2.52 bits per heavy atom. The number of methoxy groups -OCH3 is 1. The molecule has 27 heavy (non-hydrogen) atoms. The number of para-hydroxylation sites is 1. The number of hydrogen-bond acceptors (Lipinski definition) is 4. The molecule has 0 radical (unpaired) electrons. The predicted octanol–water partition coefficient (Wildman–Crippen LogP) is 5.24. The summed E-state index contributed by atoms with van der Waals surface area (Å²) < 4.78 is 5.80. The fourth-order valence-electron chi connectivity index (χ4n) is 2.66. The largest absolute Gasteiger partial charge is 0.507 e. The fraction of sp³-hybridized carbons (Fsp3) is 0.136. The van der Waals surface area contributed by atoms with Gasteiger partial charge >= 0.3 is 0 Å². The Bertz CT molecular complexity index is 864. The van der Waals surface area contributed by atoms with Crippen LogP contribution in [-0.2, 0) is 0 Å². The van der Waals surface area contributed by atoms with Crippen LogP contribution in [0.1, 0.15) is 15.9 Å². The number of nitrogens with zero attached hydrogens (tertiary/aromatic N) is 1. The van der Waals surface area contributed by atoms with Crippen molar-refractivity contribution in [3.05, 3.63) is 83.4 Å². The van der Waals surface area contributed by atoms with Gasteiger partial charge in [-0.05, 0) is 46.3 Å². The van der Waals surface area contributed by atoms with E-state index in [2.05, 4.69) is 29.1 Å². The third-order valence-electron chi connectivity index (χ3n) is 3.92. The summed E-state index contributed by atoms with van der Waals surface area (Å²) in [6, 6.07) is 10.6. The van der Waals surface area contributed by atoms with Crippen LogP contribution < -0.4 is 9.64 Å². The Labute approximate surface area is 168 Å². The van der Waals surface area contributed by atoms with Gasteiger partial charge in [-0.3, -0.25) is 4.79 Å². The molecule has 0 fully saturated rings. The predicted molar refractivity (Wildman–Crippen MR) is 115 cm³/mol. The van der Waals surface area contributed by atoms with Crippen LogP contribution in [0.3, 0.4) is 0 Å². The van der Waals surface area contributed by atoms with Crippen molar-refractivity contribution in [1.82, 2.24) is 0 Å². The number of ether oxygens (including phenoxy) is 1. The Morgan fingerprint density at radius 1 is 1.22 bits per heavy atom. The third-order valence-corrected chi connectivity index (χ3v) is 4.56. The lowest BCUT2D eigenvalue weighted by Crippen LogP contribution is -2.25. The van der Waals surface area contributed by atoms with Gasteiger partial charge in [-0.25, -0.2) is 0 Å². The Balaban J connectivity index is 2.37. The van der Waals surface area contributed by atoms with Crippen molar-refractivity contribution in [2.45, 2.75) is 0 Å². The summed E-state index contributed by atoms with van der Waals surface area (Å²) in [7, 11) is 1.51. The van der Waals surface area contributed by atoms with Crippen LogP contribution in [0.2, 0.25) is 0 Å². The number of allylic oxidation sites excluding steroid dienone is 1. The lowest BCUT2D eigenvalue weighted by molar-refractivity contribution is 0.104. The Morgan fingerprint density at radius 2 is 1.89 bits per heavy atom. The van der Waals surface area contributed by atoms with E-state index in [9.17, 15) is 9.90 Å². The van der Waals surface area contributed by atoms with Crippen molar-refractivity contribution in [1.29, 1.82) is 0 Å². The Kier molecular flexibility index (Phi) is 7.44. The minimum Gasteiger partial charge on any atom is -0.507 e. The standard InChI is InChI=1S/C22H22BrNO3/c1-4-12-24(13-5-2)19-9-7-6-8-17(19)20(25)11-10-16-14-18(23)21(26)15-22(16)27-3/h4-11,14-15,26H,1-2,12-13H2,3H3/b11-10+. The first-order valence-electron chi connectivity index (χ1n) is 8.36. The molecule has 0 amide bonds. The van der Waals surface area contributed by atoms with E-state index in [1.807, 2.05) is 23.1 Å². The lowest BCUT2D eigenvalue weighted by Gasteiger charge is -2.23. The van der Waals surface area contributed by atoms with Crippen molar-refractivity contribution >= 4 is 33.5 Å². The van der Waals surface area contributed by atoms with Crippen LogP contribution in [0, 0.1) is 0 Å². The van der Waals surface area contributed by atoms with Crippen molar-refractivity contribution in [2.24, 2.45) is 0 Å². The van der Waals surface area contributed by atoms with Crippen molar-refractivity contribution in [2.75, 3.05) is 25.1 Å². The topological polar surface area (TPSA) is 49.8 Å². The number of anilines is 1. The molecular formula is C22H22BrNO3. The maximum Gasteiger partial charge on any atom is 0.187 e. The average Bonchev–Trinajstić information content (AvgIpc) is 2.68. The quantitative estimate of drug-likeness (QED) is 0.337. The molecule has 2 aromatic carbocycles. The Hall–Kier alpha value is -2.79.